The second kappa shape index (κ2) is 6.80. The van der Waals surface area contributed by atoms with Crippen molar-refractivity contribution < 1.29 is 9.18 Å². The van der Waals surface area contributed by atoms with E-state index in [4.69, 9.17) is 0 Å². The molecule has 0 aromatic heterocycles. The second-order valence-corrected chi connectivity index (χ2v) is 5.74. The molecule has 1 aromatic carbocycles. The van der Waals surface area contributed by atoms with E-state index in [9.17, 15) is 9.18 Å². The van der Waals surface area contributed by atoms with Gasteiger partial charge in [-0.3, -0.25) is 0 Å². The highest BCUT2D eigenvalue weighted by Crippen LogP contribution is 2.37. The molecule has 5 heteroatoms. The van der Waals surface area contributed by atoms with Crippen molar-refractivity contribution in [3.63, 3.8) is 0 Å². The van der Waals surface area contributed by atoms with Crippen LogP contribution in [0.3, 0.4) is 0 Å². The summed E-state index contributed by atoms with van der Waals surface area (Å²) in [6, 6.07) is 6.38. The monoisotopic (exact) mass is 282 g/mol. The largest absolute Gasteiger partial charge is 0.338 e. The van der Waals surface area contributed by atoms with Crippen LogP contribution in [0.4, 0.5) is 9.18 Å². The van der Waals surface area contributed by atoms with Crippen LogP contribution < -0.4 is 5.32 Å². The van der Waals surface area contributed by atoms with Gasteiger partial charge in [-0.15, -0.1) is 11.8 Å². The Labute approximate surface area is 117 Å². The van der Waals surface area contributed by atoms with Crippen LogP contribution in [0.25, 0.3) is 0 Å². The van der Waals surface area contributed by atoms with Gasteiger partial charge in [-0.25, -0.2) is 9.18 Å². The van der Waals surface area contributed by atoms with Gasteiger partial charge in [0, 0.05) is 18.8 Å². The molecule has 0 unspecified atom stereocenters. The Balaban J connectivity index is 2.00. The minimum Gasteiger partial charge on any atom is -0.338 e. The van der Waals surface area contributed by atoms with Crippen LogP contribution in [0.5, 0.6) is 0 Å². The number of hydrogen-bond acceptors (Lipinski definition) is 2. The second-order valence-electron chi connectivity index (χ2n) is 4.55. The summed E-state index contributed by atoms with van der Waals surface area (Å²) in [5, 5.41) is 2.94. The van der Waals surface area contributed by atoms with Crippen molar-refractivity contribution in [2.75, 3.05) is 18.8 Å². The van der Waals surface area contributed by atoms with Crippen LogP contribution >= 0.6 is 11.8 Å². The Morgan fingerprint density at radius 1 is 1.47 bits per heavy atom. The Kier molecular flexibility index (Phi) is 5.07. The molecule has 1 aliphatic rings. The van der Waals surface area contributed by atoms with E-state index in [-0.39, 0.29) is 17.2 Å². The molecule has 3 nitrogen and oxygen atoms in total. The molecule has 1 heterocycles. The summed E-state index contributed by atoms with van der Waals surface area (Å²) in [4.78, 5) is 13.9. The smallest absolute Gasteiger partial charge is 0.318 e. The van der Waals surface area contributed by atoms with E-state index >= 15 is 0 Å². The van der Waals surface area contributed by atoms with Crippen LogP contribution in [0.1, 0.15) is 30.7 Å². The lowest BCUT2D eigenvalue weighted by Crippen LogP contribution is -2.39. The predicted octanol–water partition coefficient (Wildman–Crippen LogP) is 3.38. The normalized spacial score (nSPS) is 18.6. The zero-order chi connectivity index (χ0) is 13.7. The van der Waals surface area contributed by atoms with Crippen molar-refractivity contribution >= 4 is 17.8 Å². The quantitative estimate of drug-likeness (QED) is 0.859. The maximum atomic E-state index is 12.9. The number of amides is 2. The van der Waals surface area contributed by atoms with Crippen molar-refractivity contribution in [1.82, 2.24) is 10.2 Å². The third-order valence-electron chi connectivity index (χ3n) is 3.11. The van der Waals surface area contributed by atoms with Crippen molar-refractivity contribution in [1.29, 1.82) is 0 Å². The first-order valence-electron chi connectivity index (χ1n) is 6.64. The van der Waals surface area contributed by atoms with Gasteiger partial charge in [-0.1, -0.05) is 25.5 Å². The molecule has 1 aromatic rings. The molecule has 104 valence electrons. The van der Waals surface area contributed by atoms with Gasteiger partial charge in [0.15, 0.2) is 0 Å². The zero-order valence-electron chi connectivity index (χ0n) is 11.1. The molecule has 1 atom stereocenters. The summed E-state index contributed by atoms with van der Waals surface area (Å²) in [5.41, 5.74) is 0.981. The van der Waals surface area contributed by atoms with Crippen LogP contribution in [-0.2, 0) is 0 Å². The van der Waals surface area contributed by atoms with Crippen molar-refractivity contribution in [3.05, 3.63) is 35.6 Å². The predicted molar refractivity (Wildman–Crippen MR) is 76.6 cm³/mol. The highest BCUT2D eigenvalue weighted by atomic mass is 32.2. The molecule has 0 bridgehead atoms. The first kappa shape index (κ1) is 14.2. The molecule has 19 heavy (non-hydrogen) atoms. The van der Waals surface area contributed by atoms with Crippen molar-refractivity contribution in [3.8, 4) is 0 Å². The third kappa shape index (κ3) is 3.62. The summed E-state index contributed by atoms with van der Waals surface area (Å²) in [7, 11) is 0. The SMILES string of the molecule is CCCCNC(=O)N1CCS[C@H]1c1ccc(F)cc1. The highest BCUT2D eigenvalue weighted by Gasteiger charge is 2.30. The molecule has 0 aliphatic carbocycles. The molecule has 2 amide bonds. The maximum absolute atomic E-state index is 12.9. The summed E-state index contributed by atoms with van der Waals surface area (Å²) in [6.45, 7) is 3.55. The fourth-order valence-corrected chi connectivity index (χ4v) is 3.31. The van der Waals surface area contributed by atoms with Gasteiger partial charge in [0.25, 0.3) is 0 Å². The highest BCUT2D eigenvalue weighted by molar-refractivity contribution is 7.99. The van der Waals surface area contributed by atoms with Gasteiger partial charge in [0.1, 0.15) is 11.2 Å². The zero-order valence-corrected chi connectivity index (χ0v) is 11.9. The Bertz CT molecular complexity index is 424. The van der Waals surface area contributed by atoms with Gasteiger partial charge in [-0.2, -0.15) is 0 Å². The Morgan fingerprint density at radius 2 is 2.21 bits per heavy atom. The Hall–Kier alpha value is -1.23. The van der Waals surface area contributed by atoms with E-state index in [0.29, 0.717) is 6.54 Å². The number of halogens is 1. The minimum absolute atomic E-state index is 0.00206. The van der Waals surface area contributed by atoms with Crippen molar-refractivity contribution in [2.45, 2.75) is 25.1 Å². The molecular formula is C14H19FN2OS. The van der Waals surface area contributed by atoms with Gasteiger partial charge >= 0.3 is 6.03 Å². The fourth-order valence-electron chi connectivity index (χ4n) is 2.06. The number of nitrogens with zero attached hydrogens (tertiary/aromatic N) is 1. The molecule has 2 rings (SSSR count). The number of unbranched alkanes of at least 4 members (excludes halogenated alkanes) is 1. The van der Waals surface area contributed by atoms with Gasteiger partial charge in [0.2, 0.25) is 0 Å². The lowest BCUT2D eigenvalue weighted by atomic mass is 10.2. The van der Waals surface area contributed by atoms with Crippen LogP contribution in [-0.4, -0.2) is 29.8 Å². The van der Waals surface area contributed by atoms with E-state index in [1.54, 1.807) is 23.9 Å². The molecule has 1 saturated heterocycles. The standard InChI is InChI=1S/C14H19FN2OS/c1-2-3-8-16-14(18)17-9-10-19-13(17)11-4-6-12(15)7-5-11/h4-7,13H,2-3,8-10H2,1H3,(H,16,18)/t13-/m0/s1. The number of carbonyl (C=O) groups is 1. The maximum Gasteiger partial charge on any atom is 0.318 e. The third-order valence-corrected chi connectivity index (χ3v) is 4.37. The average Bonchev–Trinajstić information content (AvgIpc) is 2.89. The van der Waals surface area contributed by atoms with Gasteiger partial charge < -0.3 is 10.2 Å². The molecular weight excluding hydrogens is 263 g/mol. The van der Waals surface area contributed by atoms with Crippen LogP contribution in [0.2, 0.25) is 0 Å². The number of rotatable bonds is 4. The molecule has 1 fully saturated rings. The first-order chi connectivity index (χ1) is 9.22. The molecule has 0 saturated carbocycles. The summed E-state index contributed by atoms with van der Waals surface area (Å²) in [6.07, 6.45) is 2.06. The summed E-state index contributed by atoms with van der Waals surface area (Å²) >= 11 is 1.72. The lowest BCUT2D eigenvalue weighted by molar-refractivity contribution is 0.200. The number of hydrogen-bond donors (Lipinski definition) is 1. The van der Waals surface area contributed by atoms with Gasteiger partial charge in [-0.05, 0) is 24.1 Å². The topological polar surface area (TPSA) is 32.3 Å². The number of carbonyl (C=O) groups excluding carboxylic acids is 1. The van der Waals surface area contributed by atoms with E-state index in [1.165, 1.54) is 12.1 Å². The first-order valence-corrected chi connectivity index (χ1v) is 7.68. The Morgan fingerprint density at radius 3 is 2.89 bits per heavy atom. The van der Waals surface area contributed by atoms with E-state index < -0.39 is 0 Å². The van der Waals surface area contributed by atoms with Crippen LogP contribution in [0, 0.1) is 5.82 Å². The molecule has 0 radical (unpaired) electrons. The average molecular weight is 282 g/mol. The fraction of sp³-hybridized carbons (Fsp3) is 0.500. The van der Waals surface area contributed by atoms with E-state index in [0.717, 1.165) is 30.7 Å². The minimum atomic E-state index is -0.245. The van der Waals surface area contributed by atoms with Crippen molar-refractivity contribution in [2.24, 2.45) is 0 Å². The molecule has 0 spiro atoms. The van der Waals surface area contributed by atoms with E-state index in [2.05, 4.69) is 12.2 Å². The number of benzene rings is 1. The van der Waals surface area contributed by atoms with E-state index in [1.807, 2.05) is 4.90 Å². The van der Waals surface area contributed by atoms with Gasteiger partial charge in [0.05, 0.1) is 0 Å². The summed E-state index contributed by atoms with van der Waals surface area (Å²) in [5.74, 6) is 0.675. The molecule has 1 aliphatic heterocycles. The number of thioether (sulfide) groups is 1. The van der Waals surface area contributed by atoms with Crippen LogP contribution in [0.15, 0.2) is 24.3 Å². The summed E-state index contributed by atoms with van der Waals surface area (Å²) < 4.78 is 12.9. The lowest BCUT2D eigenvalue weighted by Gasteiger charge is -2.24. The molecule has 1 N–H and O–H groups in total. The number of urea groups is 1. The number of nitrogens with one attached hydrogen (secondary N) is 1.